The summed E-state index contributed by atoms with van der Waals surface area (Å²) in [7, 11) is 0. The first-order valence-electron chi connectivity index (χ1n) is 7.24. The Bertz CT molecular complexity index is 451. The van der Waals surface area contributed by atoms with E-state index in [1.54, 1.807) is 33.8 Å². The van der Waals surface area contributed by atoms with Crippen LogP contribution in [0.1, 0.15) is 27.7 Å². The van der Waals surface area contributed by atoms with Crippen LogP contribution >= 0.6 is 0 Å². The van der Waals surface area contributed by atoms with Gasteiger partial charge in [-0.2, -0.15) is 5.01 Å². The number of carbonyl (C=O) groups is 3. The Labute approximate surface area is 129 Å². The van der Waals surface area contributed by atoms with Crippen LogP contribution in [0.5, 0.6) is 0 Å². The Balaban J connectivity index is 3.15. The number of ether oxygens (including phenoxy) is 3. The molecule has 0 saturated carbocycles. The predicted octanol–water partition coefficient (Wildman–Crippen LogP) is 1.71. The van der Waals surface area contributed by atoms with Crippen molar-refractivity contribution in [2.75, 3.05) is 19.8 Å². The van der Waals surface area contributed by atoms with Crippen molar-refractivity contribution in [2.24, 2.45) is 0 Å². The molecule has 0 saturated heterocycles. The third-order valence-electron chi connectivity index (χ3n) is 2.89. The first-order valence-corrected chi connectivity index (χ1v) is 7.24. The first kappa shape index (κ1) is 17.8. The zero-order valence-corrected chi connectivity index (χ0v) is 13.3. The highest BCUT2D eigenvalue weighted by atomic mass is 16.6. The molecule has 0 radical (unpaired) electrons. The third-order valence-corrected chi connectivity index (χ3v) is 2.89. The average Bonchev–Trinajstić information content (AvgIpc) is 2.47. The molecule has 8 heteroatoms. The van der Waals surface area contributed by atoms with Gasteiger partial charge in [0.15, 0.2) is 6.04 Å². The number of carbonyl (C=O) groups excluding carboxylic acids is 3. The molecule has 0 aromatic carbocycles. The zero-order valence-electron chi connectivity index (χ0n) is 13.3. The summed E-state index contributed by atoms with van der Waals surface area (Å²) in [4.78, 5) is 36.4. The van der Waals surface area contributed by atoms with Gasteiger partial charge in [-0.25, -0.2) is 19.4 Å². The van der Waals surface area contributed by atoms with Gasteiger partial charge in [-0.05, 0) is 27.7 Å². The van der Waals surface area contributed by atoms with Gasteiger partial charge in [-0.15, -0.1) is 0 Å². The molecule has 22 heavy (non-hydrogen) atoms. The fourth-order valence-corrected chi connectivity index (χ4v) is 2.00. The largest absolute Gasteiger partial charge is 0.464 e. The lowest BCUT2D eigenvalue weighted by Gasteiger charge is -2.41. The molecule has 0 bridgehead atoms. The number of rotatable bonds is 4. The van der Waals surface area contributed by atoms with Crippen molar-refractivity contribution in [2.45, 2.75) is 39.8 Å². The molecule has 2 amide bonds. The number of hydrogen-bond donors (Lipinski definition) is 0. The minimum absolute atomic E-state index is 0.111. The Morgan fingerprint density at radius 2 is 1.36 bits per heavy atom. The van der Waals surface area contributed by atoms with Crippen molar-refractivity contribution in [1.82, 2.24) is 10.0 Å². The minimum Gasteiger partial charge on any atom is -0.464 e. The molecule has 0 N–H and O–H groups in total. The number of nitrogens with zero attached hydrogens (tertiary/aromatic N) is 2. The SMILES string of the molecule is CCOC(=O)[C@H]1C=C[C@@H](C)N(C(=O)OCC)N1C(=O)OCC. The molecular weight excluding hydrogens is 292 g/mol. The van der Waals surface area contributed by atoms with E-state index in [9.17, 15) is 14.4 Å². The standard InChI is InChI=1S/C14H22N2O6/c1-5-20-12(17)11-9-8-10(4)15(13(18)21-6-2)16(11)14(19)22-7-3/h8-11H,5-7H2,1-4H3/t10-,11-/m1/s1. The van der Waals surface area contributed by atoms with Gasteiger partial charge in [-0.3, -0.25) is 0 Å². The van der Waals surface area contributed by atoms with E-state index in [-0.39, 0.29) is 19.8 Å². The number of esters is 1. The van der Waals surface area contributed by atoms with Gasteiger partial charge in [0.1, 0.15) is 0 Å². The fourth-order valence-electron chi connectivity index (χ4n) is 2.00. The van der Waals surface area contributed by atoms with Crippen molar-refractivity contribution >= 4 is 18.2 Å². The molecule has 0 spiro atoms. The van der Waals surface area contributed by atoms with Crippen molar-refractivity contribution in [3.63, 3.8) is 0 Å². The van der Waals surface area contributed by atoms with Crippen molar-refractivity contribution in [3.05, 3.63) is 12.2 Å². The Kier molecular flexibility index (Phi) is 6.68. The van der Waals surface area contributed by atoms with E-state index in [1.807, 2.05) is 0 Å². The van der Waals surface area contributed by atoms with Crippen LogP contribution in [0.25, 0.3) is 0 Å². The van der Waals surface area contributed by atoms with Gasteiger partial charge in [-0.1, -0.05) is 12.2 Å². The molecule has 0 fully saturated rings. The third kappa shape index (κ3) is 3.90. The molecule has 0 unspecified atom stereocenters. The van der Waals surface area contributed by atoms with Crippen molar-refractivity contribution in [1.29, 1.82) is 0 Å². The van der Waals surface area contributed by atoms with Crippen LogP contribution in [0.15, 0.2) is 12.2 Å². The highest BCUT2D eigenvalue weighted by molar-refractivity contribution is 5.85. The molecular formula is C14H22N2O6. The summed E-state index contributed by atoms with van der Waals surface area (Å²) in [5.41, 5.74) is 0. The van der Waals surface area contributed by atoms with Crippen LogP contribution < -0.4 is 0 Å². The molecule has 1 aliphatic heterocycles. The highest BCUT2D eigenvalue weighted by Gasteiger charge is 2.42. The Morgan fingerprint density at radius 1 is 0.864 bits per heavy atom. The number of hydrogen-bond acceptors (Lipinski definition) is 6. The molecule has 124 valence electrons. The summed E-state index contributed by atoms with van der Waals surface area (Å²) in [6.07, 6.45) is 1.59. The maximum Gasteiger partial charge on any atom is 0.430 e. The highest BCUT2D eigenvalue weighted by Crippen LogP contribution is 2.21. The van der Waals surface area contributed by atoms with Gasteiger partial charge in [0, 0.05) is 0 Å². The second-order valence-electron chi connectivity index (χ2n) is 4.41. The molecule has 1 heterocycles. The van der Waals surface area contributed by atoms with Crippen LogP contribution in [0, 0.1) is 0 Å². The lowest BCUT2D eigenvalue weighted by molar-refractivity contribution is -0.154. The monoisotopic (exact) mass is 314 g/mol. The maximum absolute atomic E-state index is 12.2. The summed E-state index contributed by atoms with van der Waals surface area (Å²) in [5, 5.41) is 1.99. The lowest BCUT2D eigenvalue weighted by Crippen LogP contribution is -2.61. The van der Waals surface area contributed by atoms with Crippen molar-refractivity contribution in [3.8, 4) is 0 Å². The Morgan fingerprint density at radius 3 is 1.86 bits per heavy atom. The normalized spacial score (nSPS) is 20.5. The average molecular weight is 314 g/mol. The van der Waals surface area contributed by atoms with E-state index in [2.05, 4.69) is 0 Å². The summed E-state index contributed by atoms with van der Waals surface area (Å²) in [6, 6.07) is -1.53. The molecule has 1 rings (SSSR count). The van der Waals surface area contributed by atoms with E-state index >= 15 is 0 Å². The van der Waals surface area contributed by atoms with Gasteiger partial charge in [0.05, 0.1) is 25.9 Å². The van der Waals surface area contributed by atoms with E-state index < -0.39 is 30.2 Å². The zero-order chi connectivity index (χ0) is 16.7. The van der Waals surface area contributed by atoms with Crippen LogP contribution in [0.4, 0.5) is 9.59 Å². The number of amides is 2. The summed E-state index contributed by atoms with van der Waals surface area (Å²) in [6.45, 7) is 7.06. The van der Waals surface area contributed by atoms with E-state index in [0.29, 0.717) is 0 Å². The topological polar surface area (TPSA) is 85.4 Å². The summed E-state index contributed by atoms with van der Waals surface area (Å²) >= 11 is 0. The second-order valence-corrected chi connectivity index (χ2v) is 4.41. The van der Waals surface area contributed by atoms with Crippen LogP contribution in [0.3, 0.4) is 0 Å². The molecule has 0 aromatic heterocycles. The molecule has 2 atom stereocenters. The van der Waals surface area contributed by atoms with Gasteiger partial charge < -0.3 is 14.2 Å². The van der Waals surface area contributed by atoms with Crippen LogP contribution in [0.2, 0.25) is 0 Å². The van der Waals surface area contributed by atoms with E-state index in [1.165, 1.54) is 6.08 Å². The quantitative estimate of drug-likeness (QED) is 0.446. The van der Waals surface area contributed by atoms with E-state index in [4.69, 9.17) is 14.2 Å². The lowest BCUT2D eigenvalue weighted by atomic mass is 10.1. The van der Waals surface area contributed by atoms with Crippen LogP contribution in [-0.4, -0.2) is 60.1 Å². The Hall–Kier alpha value is -2.25. The summed E-state index contributed by atoms with van der Waals surface area (Å²) in [5.74, 6) is -0.645. The smallest absolute Gasteiger partial charge is 0.430 e. The van der Waals surface area contributed by atoms with Gasteiger partial charge in [0.2, 0.25) is 0 Å². The van der Waals surface area contributed by atoms with Gasteiger partial charge in [0.25, 0.3) is 0 Å². The predicted molar refractivity (Wildman–Crippen MR) is 76.7 cm³/mol. The fraction of sp³-hybridized carbons (Fsp3) is 0.643. The minimum atomic E-state index is -1.07. The van der Waals surface area contributed by atoms with Crippen LogP contribution in [-0.2, 0) is 19.0 Å². The molecule has 8 nitrogen and oxygen atoms in total. The summed E-state index contributed by atoms with van der Waals surface area (Å²) < 4.78 is 14.8. The molecule has 1 aliphatic rings. The number of hydrazine groups is 1. The van der Waals surface area contributed by atoms with E-state index in [0.717, 1.165) is 10.0 Å². The first-order chi connectivity index (χ1) is 10.5. The molecule has 0 aliphatic carbocycles. The van der Waals surface area contributed by atoms with Crippen molar-refractivity contribution < 1.29 is 28.6 Å². The van der Waals surface area contributed by atoms with Gasteiger partial charge >= 0.3 is 18.2 Å². The maximum atomic E-state index is 12.2. The molecule has 0 aromatic rings. The second kappa shape index (κ2) is 8.26.